The maximum atomic E-state index is 11.7. The van der Waals surface area contributed by atoms with Gasteiger partial charge in [0.1, 0.15) is 0 Å². The molecule has 106 valence electrons. The van der Waals surface area contributed by atoms with Crippen molar-refractivity contribution in [1.82, 2.24) is 10.2 Å². The van der Waals surface area contributed by atoms with Gasteiger partial charge in [-0.1, -0.05) is 0 Å². The van der Waals surface area contributed by atoms with Gasteiger partial charge in [-0.25, -0.2) is 4.79 Å². The van der Waals surface area contributed by atoms with Gasteiger partial charge in [0, 0.05) is 32.7 Å². The first-order valence-electron chi connectivity index (χ1n) is 6.44. The first kappa shape index (κ1) is 16.7. The summed E-state index contributed by atoms with van der Waals surface area (Å²) in [6.07, 6.45) is 1.42. The maximum Gasteiger partial charge on any atom is 0.317 e. The second kappa shape index (κ2) is 10.8. The lowest BCUT2D eigenvalue weighted by molar-refractivity contribution is -0.137. The summed E-state index contributed by atoms with van der Waals surface area (Å²) in [6, 6.07) is -0.118. The Labute approximate surface area is 108 Å². The lowest BCUT2D eigenvalue weighted by Gasteiger charge is -2.21. The number of hydrogen-bond acceptors (Lipinski definition) is 3. The fourth-order valence-corrected chi connectivity index (χ4v) is 1.43. The van der Waals surface area contributed by atoms with E-state index in [1.165, 1.54) is 0 Å². The molecule has 0 fully saturated rings. The van der Waals surface area contributed by atoms with Crippen LogP contribution in [0.5, 0.6) is 0 Å². The summed E-state index contributed by atoms with van der Waals surface area (Å²) in [7, 11) is 0. The molecule has 6 heteroatoms. The van der Waals surface area contributed by atoms with Crippen LogP contribution >= 0.6 is 0 Å². The molecule has 0 atom stereocenters. The topological polar surface area (TPSA) is 78.9 Å². The number of likely N-dealkylation sites (N-methyl/N-ethyl adjacent to an activating group) is 1. The molecule has 2 amide bonds. The third kappa shape index (κ3) is 8.81. The van der Waals surface area contributed by atoms with Crippen LogP contribution in [-0.4, -0.2) is 54.9 Å². The summed E-state index contributed by atoms with van der Waals surface area (Å²) >= 11 is 0. The highest BCUT2D eigenvalue weighted by atomic mass is 16.5. The van der Waals surface area contributed by atoms with E-state index in [0.29, 0.717) is 45.7 Å². The second-order valence-corrected chi connectivity index (χ2v) is 3.86. The fraction of sp³-hybridized carbons (Fsp3) is 0.833. The largest absolute Gasteiger partial charge is 0.481 e. The van der Waals surface area contributed by atoms with Crippen LogP contribution < -0.4 is 5.32 Å². The van der Waals surface area contributed by atoms with Gasteiger partial charge < -0.3 is 20.1 Å². The van der Waals surface area contributed by atoms with E-state index in [9.17, 15) is 9.59 Å². The molecule has 0 heterocycles. The third-order valence-electron chi connectivity index (χ3n) is 2.47. The zero-order valence-electron chi connectivity index (χ0n) is 11.3. The standard InChI is InChI=1S/C12H24N2O4/c1-3-14(9-10-18-4-2)12(17)13-8-6-5-7-11(15)16/h3-10H2,1-2H3,(H,13,17)(H,15,16). The highest BCUT2D eigenvalue weighted by molar-refractivity contribution is 5.74. The number of hydrogen-bond donors (Lipinski definition) is 2. The Kier molecular flexibility index (Phi) is 10.0. The molecule has 0 unspecified atom stereocenters. The van der Waals surface area contributed by atoms with Gasteiger partial charge in [-0.3, -0.25) is 4.79 Å². The third-order valence-corrected chi connectivity index (χ3v) is 2.47. The van der Waals surface area contributed by atoms with Crippen LogP contribution in [0.15, 0.2) is 0 Å². The molecule has 0 saturated carbocycles. The molecule has 0 aromatic rings. The van der Waals surface area contributed by atoms with Gasteiger partial charge >= 0.3 is 12.0 Å². The van der Waals surface area contributed by atoms with E-state index in [2.05, 4.69) is 5.32 Å². The Morgan fingerprint density at radius 3 is 2.56 bits per heavy atom. The molecule has 0 aliphatic heterocycles. The van der Waals surface area contributed by atoms with Crippen LogP contribution in [0.1, 0.15) is 33.1 Å². The van der Waals surface area contributed by atoms with Gasteiger partial charge in [-0.15, -0.1) is 0 Å². The van der Waals surface area contributed by atoms with Crippen molar-refractivity contribution in [1.29, 1.82) is 0 Å². The quantitative estimate of drug-likeness (QED) is 0.580. The van der Waals surface area contributed by atoms with Crippen LogP contribution in [0.2, 0.25) is 0 Å². The number of aliphatic carboxylic acids is 1. The molecule has 0 spiro atoms. The van der Waals surface area contributed by atoms with Crippen molar-refractivity contribution < 1.29 is 19.4 Å². The van der Waals surface area contributed by atoms with E-state index in [1.54, 1.807) is 4.90 Å². The van der Waals surface area contributed by atoms with E-state index in [-0.39, 0.29) is 12.5 Å². The maximum absolute atomic E-state index is 11.7. The normalized spacial score (nSPS) is 10.1. The number of carbonyl (C=O) groups is 2. The van der Waals surface area contributed by atoms with Crippen molar-refractivity contribution >= 4 is 12.0 Å². The number of nitrogens with zero attached hydrogens (tertiary/aromatic N) is 1. The van der Waals surface area contributed by atoms with E-state index in [0.717, 1.165) is 0 Å². The molecular weight excluding hydrogens is 236 g/mol. The highest BCUT2D eigenvalue weighted by Gasteiger charge is 2.09. The first-order valence-corrected chi connectivity index (χ1v) is 6.44. The summed E-state index contributed by atoms with van der Waals surface area (Å²) < 4.78 is 5.20. The number of carboxylic acids is 1. The van der Waals surface area contributed by atoms with E-state index in [4.69, 9.17) is 9.84 Å². The molecule has 0 aromatic carbocycles. The van der Waals surface area contributed by atoms with E-state index in [1.807, 2.05) is 13.8 Å². The van der Waals surface area contributed by atoms with Crippen LogP contribution in [0, 0.1) is 0 Å². The molecule has 6 nitrogen and oxygen atoms in total. The predicted octanol–water partition coefficient (Wildman–Crippen LogP) is 1.31. The number of nitrogens with one attached hydrogen (secondary N) is 1. The smallest absolute Gasteiger partial charge is 0.317 e. The summed E-state index contributed by atoms with van der Waals surface area (Å²) in [5, 5.41) is 11.2. The van der Waals surface area contributed by atoms with E-state index >= 15 is 0 Å². The zero-order valence-corrected chi connectivity index (χ0v) is 11.3. The molecule has 0 aromatic heterocycles. The molecule has 0 aliphatic rings. The molecule has 0 bridgehead atoms. The Morgan fingerprint density at radius 2 is 2.00 bits per heavy atom. The number of carbonyl (C=O) groups excluding carboxylic acids is 1. The van der Waals surface area contributed by atoms with Gasteiger partial charge in [-0.2, -0.15) is 0 Å². The summed E-state index contributed by atoms with van der Waals surface area (Å²) in [5.41, 5.74) is 0. The number of ether oxygens (including phenoxy) is 1. The van der Waals surface area contributed by atoms with Crippen molar-refractivity contribution in [3.63, 3.8) is 0 Å². The monoisotopic (exact) mass is 260 g/mol. The summed E-state index contributed by atoms with van der Waals surface area (Å²) in [5.74, 6) is -0.798. The number of rotatable bonds is 10. The molecule has 0 saturated heterocycles. The molecule has 18 heavy (non-hydrogen) atoms. The molecule has 0 radical (unpaired) electrons. The number of amides is 2. The Morgan fingerprint density at radius 1 is 1.28 bits per heavy atom. The molecular formula is C12H24N2O4. The van der Waals surface area contributed by atoms with Gasteiger partial charge in [-0.05, 0) is 26.7 Å². The lowest BCUT2D eigenvalue weighted by Crippen LogP contribution is -2.41. The SMILES string of the molecule is CCOCCN(CC)C(=O)NCCCCC(=O)O. The van der Waals surface area contributed by atoms with Crippen LogP contribution in [-0.2, 0) is 9.53 Å². The Bertz CT molecular complexity index is 246. The van der Waals surface area contributed by atoms with Gasteiger partial charge in [0.2, 0.25) is 0 Å². The van der Waals surface area contributed by atoms with Crippen molar-refractivity contribution in [2.45, 2.75) is 33.1 Å². The average molecular weight is 260 g/mol. The average Bonchev–Trinajstić information content (AvgIpc) is 2.33. The minimum atomic E-state index is -0.798. The van der Waals surface area contributed by atoms with Gasteiger partial charge in [0.15, 0.2) is 0 Å². The van der Waals surface area contributed by atoms with Crippen LogP contribution in [0.25, 0.3) is 0 Å². The van der Waals surface area contributed by atoms with Crippen LogP contribution in [0.4, 0.5) is 4.79 Å². The Balaban J connectivity index is 3.66. The number of urea groups is 1. The lowest BCUT2D eigenvalue weighted by atomic mass is 10.2. The zero-order chi connectivity index (χ0) is 13.8. The summed E-state index contributed by atoms with van der Waals surface area (Å²) in [4.78, 5) is 23.7. The van der Waals surface area contributed by atoms with E-state index < -0.39 is 5.97 Å². The van der Waals surface area contributed by atoms with Crippen molar-refractivity contribution in [2.24, 2.45) is 0 Å². The fourth-order valence-electron chi connectivity index (χ4n) is 1.43. The van der Waals surface area contributed by atoms with Crippen molar-refractivity contribution in [2.75, 3.05) is 32.8 Å². The minimum absolute atomic E-state index is 0.118. The van der Waals surface area contributed by atoms with Gasteiger partial charge in [0.05, 0.1) is 6.61 Å². The number of unbranched alkanes of at least 4 members (excludes halogenated alkanes) is 1. The summed E-state index contributed by atoms with van der Waals surface area (Å²) in [6.45, 7) is 6.73. The first-order chi connectivity index (χ1) is 8.61. The second-order valence-electron chi connectivity index (χ2n) is 3.86. The van der Waals surface area contributed by atoms with Crippen molar-refractivity contribution in [3.05, 3.63) is 0 Å². The van der Waals surface area contributed by atoms with Crippen LogP contribution in [0.3, 0.4) is 0 Å². The highest BCUT2D eigenvalue weighted by Crippen LogP contribution is 1.95. The van der Waals surface area contributed by atoms with Gasteiger partial charge in [0.25, 0.3) is 0 Å². The Hall–Kier alpha value is -1.30. The molecule has 2 N–H and O–H groups in total. The minimum Gasteiger partial charge on any atom is -0.481 e. The molecule has 0 rings (SSSR count). The number of carboxylic acid groups (broad SMARTS) is 1. The predicted molar refractivity (Wildman–Crippen MR) is 68.6 cm³/mol. The van der Waals surface area contributed by atoms with Crippen molar-refractivity contribution in [3.8, 4) is 0 Å². The molecule has 0 aliphatic carbocycles.